The molecule has 6 nitrogen and oxygen atoms in total. The molecule has 1 amide bonds. The standard InChI is InChI=1S/C28H38N2O4/c1-3-30(22-10-12-34-13-11-22)26-9-5-8-24-23(26)7-4-6-20(18-31)16-21-14-19(2)15-27(32)25(21)17-29-28(24)33/h5,8-9,14,20,22,31H,3-4,6-7,10-13,15-18H2,1-2H3,(H,29,33). The average Bonchev–Trinajstić information content (AvgIpc) is 2.83. The second-order valence-corrected chi connectivity index (χ2v) is 9.85. The van der Waals surface area contributed by atoms with Crippen molar-refractivity contribution in [1.82, 2.24) is 5.32 Å². The summed E-state index contributed by atoms with van der Waals surface area (Å²) in [5.41, 5.74) is 5.60. The Morgan fingerprint density at radius 2 is 1.97 bits per heavy atom. The zero-order chi connectivity index (χ0) is 24.1. The van der Waals surface area contributed by atoms with E-state index in [2.05, 4.69) is 29.3 Å². The van der Waals surface area contributed by atoms with Gasteiger partial charge in [0.05, 0.1) is 0 Å². The number of aliphatic hydroxyl groups excluding tert-OH is 1. The number of nitrogens with one attached hydrogen (secondary N) is 1. The smallest absolute Gasteiger partial charge is 0.251 e. The van der Waals surface area contributed by atoms with Crippen molar-refractivity contribution in [3.8, 4) is 0 Å². The molecule has 6 heteroatoms. The van der Waals surface area contributed by atoms with E-state index in [0.29, 0.717) is 30.0 Å². The van der Waals surface area contributed by atoms with Gasteiger partial charge in [-0.15, -0.1) is 0 Å². The van der Waals surface area contributed by atoms with Crippen molar-refractivity contribution >= 4 is 17.4 Å². The maximum Gasteiger partial charge on any atom is 0.251 e. The lowest BCUT2D eigenvalue weighted by molar-refractivity contribution is -0.115. The predicted molar refractivity (Wildman–Crippen MR) is 134 cm³/mol. The van der Waals surface area contributed by atoms with Crippen LogP contribution >= 0.6 is 0 Å². The highest BCUT2D eigenvalue weighted by Gasteiger charge is 2.27. The van der Waals surface area contributed by atoms with Crippen molar-refractivity contribution in [3.05, 3.63) is 52.1 Å². The summed E-state index contributed by atoms with van der Waals surface area (Å²) in [4.78, 5) is 28.7. The first kappa shape index (κ1) is 24.7. The van der Waals surface area contributed by atoms with Crippen molar-refractivity contribution < 1.29 is 19.4 Å². The monoisotopic (exact) mass is 466 g/mol. The van der Waals surface area contributed by atoms with E-state index in [1.807, 2.05) is 19.1 Å². The van der Waals surface area contributed by atoms with E-state index in [1.165, 1.54) is 0 Å². The summed E-state index contributed by atoms with van der Waals surface area (Å²) in [5, 5.41) is 13.1. The fraction of sp³-hybridized carbons (Fsp3) is 0.571. The van der Waals surface area contributed by atoms with Crippen LogP contribution in [0.1, 0.15) is 68.3 Å². The molecule has 1 atom stereocenters. The molecule has 0 radical (unpaired) electrons. The summed E-state index contributed by atoms with van der Waals surface area (Å²) >= 11 is 0. The molecule has 0 spiro atoms. The molecule has 1 aromatic carbocycles. The van der Waals surface area contributed by atoms with Crippen molar-refractivity contribution in [3.63, 3.8) is 0 Å². The van der Waals surface area contributed by atoms with Crippen LogP contribution in [-0.2, 0) is 16.0 Å². The van der Waals surface area contributed by atoms with E-state index in [9.17, 15) is 14.7 Å². The number of hydrogen-bond acceptors (Lipinski definition) is 5. The second-order valence-electron chi connectivity index (χ2n) is 9.85. The third kappa shape index (κ3) is 5.44. The number of rotatable bonds is 4. The van der Waals surface area contributed by atoms with Crippen LogP contribution in [0, 0.1) is 5.92 Å². The van der Waals surface area contributed by atoms with E-state index in [0.717, 1.165) is 74.3 Å². The van der Waals surface area contributed by atoms with Gasteiger partial charge in [0.15, 0.2) is 5.78 Å². The molecule has 0 aromatic heterocycles. The normalized spacial score (nSPS) is 22.7. The fourth-order valence-corrected chi connectivity index (χ4v) is 5.71. The molecule has 184 valence electrons. The average molecular weight is 467 g/mol. The first-order valence-corrected chi connectivity index (χ1v) is 12.8. The SMILES string of the molecule is CCN(c1cccc2c1CCCC(CO)CC1=C(CNC2=O)C(=O)CC(C)=C1)C1CCOCC1. The van der Waals surface area contributed by atoms with Crippen molar-refractivity contribution in [2.24, 2.45) is 5.92 Å². The lowest BCUT2D eigenvalue weighted by Crippen LogP contribution is -2.40. The summed E-state index contributed by atoms with van der Waals surface area (Å²) < 4.78 is 5.59. The second kappa shape index (κ2) is 11.3. The zero-order valence-electron chi connectivity index (χ0n) is 20.6. The van der Waals surface area contributed by atoms with Gasteiger partial charge in [0.1, 0.15) is 0 Å². The number of anilines is 1. The van der Waals surface area contributed by atoms with Gasteiger partial charge < -0.3 is 20.1 Å². The highest BCUT2D eigenvalue weighted by Crippen LogP contribution is 2.33. The number of Topliss-reactive ketones (excluding diaryl/α,β-unsaturated/α-hetero) is 1. The van der Waals surface area contributed by atoms with E-state index in [-0.39, 0.29) is 30.8 Å². The quantitative estimate of drug-likeness (QED) is 0.702. The molecule has 2 N–H and O–H groups in total. The first-order chi connectivity index (χ1) is 16.5. The number of amides is 1. The molecule has 1 aromatic rings. The number of nitrogens with zero attached hydrogens (tertiary/aromatic N) is 1. The Morgan fingerprint density at radius 3 is 2.71 bits per heavy atom. The van der Waals surface area contributed by atoms with Crippen LogP contribution in [0.25, 0.3) is 0 Å². The predicted octanol–water partition coefficient (Wildman–Crippen LogP) is 3.97. The van der Waals surface area contributed by atoms with Gasteiger partial charge in [0.2, 0.25) is 0 Å². The molecule has 1 unspecified atom stereocenters. The number of ketones is 1. The van der Waals surface area contributed by atoms with Crippen LogP contribution in [0.2, 0.25) is 0 Å². The Labute approximate surface area is 203 Å². The molecule has 1 saturated heterocycles. The van der Waals surface area contributed by atoms with Crippen molar-refractivity contribution in [2.75, 3.05) is 37.8 Å². The molecule has 2 heterocycles. The molecule has 2 aliphatic heterocycles. The number of benzene rings is 1. The molecule has 4 rings (SSSR count). The van der Waals surface area contributed by atoms with Gasteiger partial charge in [-0.3, -0.25) is 9.59 Å². The molecule has 0 saturated carbocycles. The zero-order valence-corrected chi connectivity index (χ0v) is 20.6. The van der Waals surface area contributed by atoms with Gasteiger partial charge >= 0.3 is 0 Å². The largest absolute Gasteiger partial charge is 0.396 e. The third-order valence-corrected chi connectivity index (χ3v) is 7.49. The van der Waals surface area contributed by atoms with Crippen LogP contribution in [-0.4, -0.2) is 55.7 Å². The van der Waals surface area contributed by atoms with Crippen molar-refractivity contribution in [1.29, 1.82) is 0 Å². The van der Waals surface area contributed by atoms with Gasteiger partial charge in [-0.05, 0) is 81.6 Å². The molecular formula is C28H38N2O4. The fourth-order valence-electron chi connectivity index (χ4n) is 5.71. The number of ether oxygens (including phenoxy) is 1. The van der Waals surface area contributed by atoms with Crippen molar-refractivity contribution in [2.45, 2.75) is 64.8 Å². The van der Waals surface area contributed by atoms with Gasteiger partial charge in [-0.25, -0.2) is 0 Å². The van der Waals surface area contributed by atoms with E-state index < -0.39 is 0 Å². The number of hydrogen-bond donors (Lipinski definition) is 2. The topological polar surface area (TPSA) is 78.9 Å². The number of carbonyl (C=O) groups is 2. The Bertz CT molecular complexity index is 975. The molecule has 1 fully saturated rings. The summed E-state index contributed by atoms with van der Waals surface area (Å²) in [6.07, 6.45) is 7.65. The van der Waals surface area contributed by atoms with Gasteiger partial charge in [-0.2, -0.15) is 0 Å². The Kier molecular flexibility index (Phi) is 8.22. The summed E-state index contributed by atoms with van der Waals surface area (Å²) in [6.45, 7) is 6.89. The van der Waals surface area contributed by atoms with E-state index in [4.69, 9.17) is 4.74 Å². The third-order valence-electron chi connectivity index (χ3n) is 7.49. The van der Waals surface area contributed by atoms with E-state index >= 15 is 0 Å². The molecule has 3 aliphatic rings. The lowest BCUT2D eigenvalue weighted by Gasteiger charge is -2.37. The minimum atomic E-state index is -0.120. The Balaban J connectivity index is 1.69. The molecule has 0 bridgehead atoms. The summed E-state index contributed by atoms with van der Waals surface area (Å²) in [5.74, 6) is 0.0586. The number of fused-ring (bicyclic) bond motifs is 1. The van der Waals surface area contributed by atoms with Crippen LogP contribution < -0.4 is 10.2 Å². The maximum atomic E-state index is 13.4. The van der Waals surface area contributed by atoms with Crippen LogP contribution in [0.5, 0.6) is 0 Å². The maximum absolute atomic E-state index is 13.4. The minimum Gasteiger partial charge on any atom is -0.396 e. The van der Waals surface area contributed by atoms with Gasteiger partial charge in [-0.1, -0.05) is 17.7 Å². The van der Waals surface area contributed by atoms with Crippen LogP contribution in [0.3, 0.4) is 0 Å². The lowest BCUT2D eigenvalue weighted by atomic mass is 9.84. The Hall–Kier alpha value is -2.44. The van der Waals surface area contributed by atoms with Crippen LogP contribution in [0.15, 0.2) is 41.0 Å². The molecular weight excluding hydrogens is 428 g/mol. The molecule has 34 heavy (non-hydrogen) atoms. The van der Waals surface area contributed by atoms with E-state index in [1.54, 1.807) is 0 Å². The minimum absolute atomic E-state index is 0.0784. The van der Waals surface area contributed by atoms with Gasteiger partial charge in [0, 0.05) is 62.2 Å². The number of allylic oxidation sites excluding steroid dienone is 3. The molecule has 1 aliphatic carbocycles. The number of aliphatic hydroxyl groups is 1. The Morgan fingerprint density at radius 1 is 1.18 bits per heavy atom. The van der Waals surface area contributed by atoms with Crippen LogP contribution in [0.4, 0.5) is 5.69 Å². The summed E-state index contributed by atoms with van der Waals surface area (Å²) in [7, 11) is 0. The van der Waals surface area contributed by atoms with Gasteiger partial charge in [0.25, 0.3) is 5.91 Å². The highest BCUT2D eigenvalue weighted by molar-refractivity contribution is 6.02. The summed E-state index contributed by atoms with van der Waals surface area (Å²) in [6, 6.07) is 6.42. The number of carbonyl (C=O) groups excluding carboxylic acids is 2. The first-order valence-electron chi connectivity index (χ1n) is 12.8. The highest BCUT2D eigenvalue weighted by atomic mass is 16.5.